The first kappa shape index (κ1) is 14.4. The molecule has 0 atom stereocenters. The number of aryl methyl sites for hydroxylation is 1. The molecule has 0 unspecified atom stereocenters. The highest BCUT2D eigenvalue weighted by molar-refractivity contribution is 9.08. The molecule has 5 nitrogen and oxygen atoms in total. The van der Waals surface area contributed by atoms with Crippen molar-refractivity contribution in [3.8, 4) is 0 Å². The van der Waals surface area contributed by atoms with Crippen molar-refractivity contribution >= 4 is 43.2 Å². The Morgan fingerprint density at radius 3 is 2.68 bits per heavy atom. The van der Waals surface area contributed by atoms with E-state index in [1.165, 1.54) is 17.9 Å². The van der Waals surface area contributed by atoms with Gasteiger partial charge in [-0.05, 0) is 11.6 Å². The van der Waals surface area contributed by atoms with Gasteiger partial charge in [0.1, 0.15) is 0 Å². The van der Waals surface area contributed by atoms with Crippen molar-refractivity contribution in [1.82, 2.24) is 9.78 Å². The normalized spacial score (nSPS) is 11.5. The Bertz CT molecular complexity index is 680. The number of halogens is 2. The molecule has 102 valence electrons. The van der Waals surface area contributed by atoms with Crippen LogP contribution in [0.1, 0.15) is 5.56 Å². The number of para-hydroxylation sites is 1. The van der Waals surface area contributed by atoms with Crippen LogP contribution in [0.2, 0.25) is 5.02 Å². The van der Waals surface area contributed by atoms with E-state index in [4.69, 9.17) is 11.6 Å². The van der Waals surface area contributed by atoms with Crippen LogP contribution in [0.4, 0.5) is 5.69 Å². The smallest absolute Gasteiger partial charge is 0.278 e. The molecule has 0 fully saturated rings. The third-order valence-electron chi connectivity index (χ3n) is 2.50. The molecule has 2 rings (SSSR count). The number of aromatic nitrogens is 2. The Labute approximate surface area is 124 Å². The Morgan fingerprint density at radius 1 is 1.42 bits per heavy atom. The van der Waals surface area contributed by atoms with Gasteiger partial charge in [-0.3, -0.25) is 9.40 Å². The third kappa shape index (κ3) is 2.93. The summed E-state index contributed by atoms with van der Waals surface area (Å²) < 4.78 is 28.3. The minimum Gasteiger partial charge on any atom is -0.278 e. The fourth-order valence-electron chi connectivity index (χ4n) is 1.63. The van der Waals surface area contributed by atoms with Gasteiger partial charge in [0.05, 0.1) is 16.9 Å². The number of alkyl halides is 1. The van der Waals surface area contributed by atoms with E-state index in [0.717, 1.165) is 5.56 Å². The maximum Gasteiger partial charge on any atom is 0.280 e. The molecular weight excluding hydrogens is 354 g/mol. The summed E-state index contributed by atoms with van der Waals surface area (Å²) in [6.07, 6.45) is 1.30. The molecule has 1 heterocycles. The van der Waals surface area contributed by atoms with Crippen LogP contribution in [0.3, 0.4) is 0 Å². The standard InChI is InChI=1S/C11H11BrClN3O2S/c1-16-11(9(13)7-14-16)19(17,18)15-10-5-3-2-4-8(10)6-12/h2-5,7,15H,6H2,1H3. The minimum absolute atomic E-state index is 0.0569. The lowest BCUT2D eigenvalue weighted by atomic mass is 10.2. The van der Waals surface area contributed by atoms with E-state index >= 15 is 0 Å². The average Bonchev–Trinajstić information content (AvgIpc) is 2.70. The molecule has 19 heavy (non-hydrogen) atoms. The summed E-state index contributed by atoms with van der Waals surface area (Å²) in [6, 6.07) is 7.12. The van der Waals surface area contributed by atoms with E-state index in [-0.39, 0.29) is 10.0 Å². The summed E-state index contributed by atoms with van der Waals surface area (Å²) in [5, 5.41) is 4.40. The molecule has 1 aromatic carbocycles. The van der Waals surface area contributed by atoms with Gasteiger partial charge in [-0.1, -0.05) is 45.7 Å². The summed E-state index contributed by atoms with van der Waals surface area (Å²) in [7, 11) is -2.24. The quantitative estimate of drug-likeness (QED) is 0.849. The molecular formula is C11H11BrClN3O2S. The van der Waals surface area contributed by atoms with Crippen LogP contribution in [0.5, 0.6) is 0 Å². The maximum atomic E-state index is 12.3. The van der Waals surface area contributed by atoms with E-state index in [0.29, 0.717) is 11.0 Å². The van der Waals surface area contributed by atoms with Gasteiger partial charge in [0.15, 0.2) is 5.03 Å². The van der Waals surface area contributed by atoms with E-state index in [1.54, 1.807) is 12.1 Å². The lowest BCUT2D eigenvalue weighted by molar-refractivity contribution is 0.582. The fraction of sp³-hybridized carbons (Fsp3) is 0.182. The van der Waals surface area contributed by atoms with Crippen LogP contribution in [-0.4, -0.2) is 18.2 Å². The van der Waals surface area contributed by atoms with Crippen molar-refractivity contribution in [2.45, 2.75) is 10.4 Å². The van der Waals surface area contributed by atoms with Crippen LogP contribution in [0, 0.1) is 0 Å². The van der Waals surface area contributed by atoms with Crippen LogP contribution >= 0.6 is 27.5 Å². The van der Waals surface area contributed by atoms with Gasteiger partial charge in [-0.15, -0.1) is 0 Å². The highest BCUT2D eigenvalue weighted by Crippen LogP contribution is 2.25. The molecule has 0 aliphatic carbocycles. The van der Waals surface area contributed by atoms with Crippen molar-refractivity contribution in [3.63, 3.8) is 0 Å². The van der Waals surface area contributed by atoms with Gasteiger partial charge in [0.25, 0.3) is 10.0 Å². The van der Waals surface area contributed by atoms with Crippen LogP contribution in [0.15, 0.2) is 35.5 Å². The second-order valence-electron chi connectivity index (χ2n) is 3.82. The van der Waals surface area contributed by atoms with Gasteiger partial charge >= 0.3 is 0 Å². The SMILES string of the molecule is Cn1ncc(Cl)c1S(=O)(=O)Nc1ccccc1CBr. The second kappa shape index (κ2) is 5.52. The fourth-order valence-corrected chi connectivity index (χ4v) is 3.88. The predicted octanol–water partition coefficient (Wildman–Crippen LogP) is 2.77. The molecule has 0 spiro atoms. The minimum atomic E-state index is -3.77. The number of benzene rings is 1. The summed E-state index contributed by atoms with van der Waals surface area (Å²) in [6.45, 7) is 0. The third-order valence-corrected chi connectivity index (χ3v) is 4.98. The molecule has 0 aliphatic heterocycles. The second-order valence-corrected chi connectivity index (χ2v) is 6.38. The summed E-state index contributed by atoms with van der Waals surface area (Å²) in [4.78, 5) is 0. The summed E-state index contributed by atoms with van der Waals surface area (Å²) in [5.74, 6) is 0. The molecule has 0 aliphatic rings. The Kier molecular flexibility index (Phi) is 4.17. The molecule has 1 aromatic heterocycles. The monoisotopic (exact) mass is 363 g/mol. The van der Waals surface area contributed by atoms with Crippen molar-refractivity contribution in [2.24, 2.45) is 7.05 Å². The zero-order chi connectivity index (χ0) is 14.0. The van der Waals surface area contributed by atoms with Crippen LogP contribution in [0.25, 0.3) is 0 Å². The number of sulfonamides is 1. The van der Waals surface area contributed by atoms with Crippen molar-refractivity contribution in [1.29, 1.82) is 0 Å². The van der Waals surface area contributed by atoms with Gasteiger partial charge in [0, 0.05) is 12.4 Å². The zero-order valence-electron chi connectivity index (χ0n) is 9.97. The first-order valence-electron chi connectivity index (χ1n) is 5.30. The lowest BCUT2D eigenvalue weighted by Crippen LogP contribution is -2.17. The van der Waals surface area contributed by atoms with E-state index in [9.17, 15) is 8.42 Å². The summed E-state index contributed by atoms with van der Waals surface area (Å²) in [5.41, 5.74) is 1.35. The first-order valence-corrected chi connectivity index (χ1v) is 8.28. The Hall–Kier alpha value is -1.05. The van der Waals surface area contributed by atoms with Crippen molar-refractivity contribution in [2.75, 3.05) is 4.72 Å². The lowest BCUT2D eigenvalue weighted by Gasteiger charge is -2.11. The van der Waals surface area contributed by atoms with Gasteiger partial charge in [-0.25, -0.2) is 0 Å². The number of hydrogen-bond acceptors (Lipinski definition) is 3. The molecule has 0 radical (unpaired) electrons. The van der Waals surface area contributed by atoms with Crippen molar-refractivity contribution < 1.29 is 8.42 Å². The van der Waals surface area contributed by atoms with E-state index in [1.807, 2.05) is 12.1 Å². The van der Waals surface area contributed by atoms with E-state index in [2.05, 4.69) is 25.8 Å². The number of rotatable bonds is 4. The number of anilines is 1. The van der Waals surface area contributed by atoms with Gasteiger partial charge < -0.3 is 0 Å². The maximum absolute atomic E-state index is 12.3. The summed E-state index contributed by atoms with van der Waals surface area (Å²) >= 11 is 9.17. The van der Waals surface area contributed by atoms with Crippen LogP contribution < -0.4 is 4.72 Å². The number of nitrogens with zero attached hydrogens (tertiary/aromatic N) is 2. The molecule has 2 aromatic rings. The molecule has 0 amide bonds. The molecule has 0 saturated heterocycles. The van der Waals surface area contributed by atoms with Crippen molar-refractivity contribution in [3.05, 3.63) is 41.0 Å². The predicted molar refractivity (Wildman–Crippen MR) is 78.1 cm³/mol. The Morgan fingerprint density at radius 2 is 2.11 bits per heavy atom. The first-order chi connectivity index (χ1) is 8.95. The van der Waals surface area contributed by atoms with E-state index < -0.39 is 10.0 Å². The highest BCUT2D eigenvalue weighted by Gasteiger charge is 2.23. The average molecular weight is 365 g/mol. The Balaban J connectivity index is 2.43. The molecule has 0 saturated carbocycles. The van der Waals surface area contributed by atoms with Crippen LogP contribution in [-0.2, 0) is 22.4 Å². The van der Waals surface area contributed by atoms with Gasteiger partial charge in [0.2, 0.25) is 0 Å². The zero-order valence-corrected chi connectivity index (χ0v) is 13.1. The number of hydrogen-bond donors (Lipinski definition) is 1. The topological polar surface area (TPSA) is 64.0 Å². The highest BCUT2D eigenvalue weighted by atomic mass is 79.9. The molecule has 8 heteroatoms. The molecule has 0 bridgehead atoms. The van der Waals surface area contributed by atoms with Gasteiger partial charge in [-0.2, -0.15) is 13.5 Å². The molecule has 1 N–H and O–H groups in total. The number of nitrogens with one attached hydrogen (secondary N) is 1. The largest absolute Gasteiger partial charge is 0.280 e.